The van der Waals surface area contributed by atoms with Gasteiger partial charge >= 0.3 is 5.97 Å². The van der Waals surface area contributed by atoms with Crippen molar-refractivity contribution in [1.29, 1.82) is 0 Å². The van der Waals surface area contributed by atoms with E-state index < -0.39 is 18.1 Å². The molecule has 6 nitrogen and oxygen atoms in total. The van der Waals surface area contributed by atoms with Crippen molar-refractivity contribution < 1.29 is 19.1 Å². The summed E-state index contributed by atoms with van der Waals surface area (Å²) in [5, 5.41) is 2.91. The van der Waals surface area contributed by atoms with E-state index in [0.717, 1.165) is 19.3 Å². The zero-order valence-electron chi connectivity index (χ0n) is 14.6. The molecule has 3 aliphatic rings. The van der Waals surface area contributed by atoms with Crippen LogP contribution in [-0.4, -0.2) is 45.4 Å². The molecule has 2 heterocycles. The Morgan fingerprint density at radius 2 is 2.04 bits per heavy atom. The predicted molar refractivity (Wildman–Crippen MR) is 97.2 cm³/mol. The molecule has 0 spiro atoms. The molecule has 3 atom stereocenters. The van der Waals surface area contributed by atoms with Gasteiger partial charge in [-0.2, -0.15) is 0 Å². The maximum absolute atomic E-state index is 12.9. The van der Waals surface area contributed by atoms with Crippen LogP contribution in [0.25, 0.3) is 0 Å². The number of rotatable bonds is 5. The van der Waals surface area contributed by atoms with Gasteiger partial charge in [0.2, 0.25) is 12.0 Å². The number of thioether (sulfide) groups is 1. The minimum atomic E-state index is -0.987. The number of fused-ring (bicyclic) bond motifs is 1. The van der Waals surface area contributed by atoms with E-state index in [1.54, 1.807) is 28.8 Å². The Morgan fingerprint density at radius 3 is 2.73 bits per heavy atom. The highest BCUT2D eigenvalue weighted by atomic mass is 32.2. The molecule has 1 saturated carbocycles. The van der Waals surface area contributed by atoms with Gasteiger partial charge in [-0.05, 0) is 26.2 Å². The van der Waals surface area contributed by atoms with Crippen molar-refractivity contribution in [3.05, 3.63) is 35.9 Å². The fourth-order valence-corrected chi connectivity index (χ4v) is 5.01. The number of carbonyl (C=O) groups excluding carboxylic acids is 3. The monoisotopic (exact) mass is 374 g/mol. The summed E-state index contributed by atoms with van der Waals surface area (Å²) >= 11 is 1.61. The Hall–Kier alpha value is -2.02. The molecule has 26 heavy (non-hydrogen) atoms. The Balaban J connectivity index is 1.52. The lowest BCUT2D eigenvalue weighted by Gasteiger charge is -2.30. The van der Waals surface area contributed by atoms with Crippen molar-refractivity contribution in [3.63, 3.8) is 0 Å². The zero-order chi connectivity index (χ0) is 18.3. The first kappa shape index (κ1) is 17.4. The number of nitrogens with zero attached hydrogens (tertiary/aromatic N) is 1. The SMILES string of the molecule is C[C@@]12CCC(=O)N1[C@@H](C(=O)O[C@H](C(=O)NC1CC1)c1ccccc1)CS2. The van der Waals surface area contributed by atoms with Gasteiger partial charge in [-0.15, -0.1) is 11.8 Å². The van der Waals surface area contributed by atoms with Gasteiger partial charge in [-0.1, -0.05) is 30.3 Å². The Labute approximate surface area is 156 Å². The average Bonchev–Trinajstić information content (AvgIpc) is 3.30. The second kappa shape index (κ2) is 6.61. The number of ether oxygens (including phenoxy) is 1. The maximum atomic E-state index is 12.9. The number of hydrogen-bond acceptors (Lipinski definition) is 5. The van der Waals surface area contributed by atoms with E-state index in [1.807, 2.05) is 25.1 Å². The van der Waals surface area contributed by atoms with Crippen molar-refractivity contribution in [2.45, 2.75) is 55.7 Å². The molecule has 0 radical (unpaired) electrons. The third kappa shape index (κ3) is 3.20. The van der Waals surface area contributed by atoms with Gasteiger partial charge in [0.15, 0.2) is 0 Å². The van der Waals surface area contributed by atoms with Crippen molar-refractivity contribution in [2.24, 2.45) is 0 Å². The summed E-state index contributed by atoms with van der Waals surface area (Å²) in [4.78, 5) is 39.0. The van der Waals surface area contributed by atoms with Crippen molar-refractivity contribution in [1.82, 2.24) is 10.2 Å². The summed E-state index contributed by atoms with van der Waals surface area (Å²) < 4.78 is 5.65. The molecule has 1 aromatic rings. The van der Waals surface area contributed by atoms with E-state index >= 15 is 0 Å². The quantitative estimate of drug-likeness (QED) is 0.798. The van der Waals surface area contributed by atoms with Crippen LogP contribution in [0.1, 0.15) is 44.3 Å². The molecular weight excluding hydrogens is 352 g/mol. The van der Waals surface area contributed by atoms with Crippen LogP contribution in [0, 0.1) is 0 Å². The molecule has 0 aromatic heterocycles. The summed E-state index contributed by atoms with van der Waals surface area (Å²) in [6.07, 6.45) is 2.13. The van der Waals surface area contributed by atoms with Crippen LogP contribution < -0.4 is 5.32 Å². The van der Waals surface area contributed by atoms with Crippen LogP contribution in [-0.2, 0) is 19.1 Å². The number of carbonyl (C=O) groups is 3. The van der Waals surface area contributed by atoms with Crippen LogP contribution in [0.15, 0.2) is 30.3 Å². The molecule has 2 amide bonds. The first-order valence-corrected chi connectivity index (χ1v) is 9.98. The molecule has 1 aromatic carbocycles. The highest BCUT2D eigenvalue weighted by Crippen LogP contribution is 2.47. The van der Waals surface area contributed by atoms with E-state index in [1.165, 1.54) is 0 Å². The molecular formula is C19H22N2O4S. The van der Waals surface area contributed by atoms with E-state index in [2.05, 4.69) is 5.32 Å². The number of esters is 1. The fourth-order valence-electron chi connectivity index (χ4n) is 3.60. The van der Waals surface area contributed by atoms with E-state index in [9.17, 15) is 14.4 Å². The molecule has 2 saturated heterocycles. The number of hydrogen-bond donors (Lipinski definition) is 1. The second-order valence-corrected chi connectivity index (χ2v) is 8.78. The molecule has 138 valence electrons. The first-order valence-electron chi connectivity index (χ1n) is 9.00. The highest BCUT2D eigenvalue weighted by Gasteiger charge is 2.54. The van der Waals surface area contributed by atoms with Crippen LogP contribution in [0.5, 0.6) is 0 Å². The van der Waals surface area contributed by atoms with Crippen LogP contribution >= 0.6 is 11.8 Å². The van der Waals surface area contributed by atoms with Gasteiger partial charge in [0, 0.05) is 23.8 Å². The molecule has 0 unspecified atom stereocenters. The molecule has 1 aliphatic carbocycles. The minimum Gasteiger partial charge on any atom is -0.446 e. The molecule has 2 aliphatic heterocycles. The van der Waals surface area contributed by atoms with Crippen molar-refractivity contribution in [3.8, 4) is 0 Å². The maximum Gasteiger partial charge on any atom is 0.330 e. The van der Waals surface area contributed by atoms with Crippen molar-refractivity contribution >= 4 is 29.5 Å². The van der Waals surface area contributed by atoms with Gasteiger partial charge in [0.1, 0.15) is 6.04 Å². The Bertz CT molecular complexity index is 736. The molecule has 4 rings (SSSR count). The summed E-state index contributed by atoms with van der Waals surface area (Å²) in [5.41, 5.74) is 0.639. The third-order valence-electron chi connectivity index (χ3n) is 5.22. The summed E-state index contributed by atoms with van der Waals surface area (Å²) in [6, 6.07) is 8.58. The van der Waals surface area contributed by atoms with Gasteiger partial charge in [-0.3, -0.25) is 9.59 Å². The van der Waals surface area contributed by atoms with Crippen LogP contribution in [0.3, 0.4) is 0 Å². The summed E-state index contributed by atoms with van der Waals surface area (Å²) in [5.74, 6) is -0.310. The highest BCUT2D eigenvalue weighted by molar-refractivity contribution is 8.01. The van der Waals surface area contributed by atoms with Crippen molar-refractivity contribution in [2.75, 3.05) is 5.75 Å². The fraction of sp³-hybridized carbons (Fsp3) is 0.526. The van der Waals surface area contributed by atoms with Gasteiger partial charge < -0.3 is 15.0 Å². The average molecular weight is 374 g/mol. The van der Waals surface area contributed by atoms with E-state index in [0.29, 0.717) is 17.7 Å². The first-order chi connectivity index (χ1) is 12.5. The predicted octanol–water partition coefficient (Wildman–Crippen LogP) is 2.00. The van der Waals surface area contributed by atoms with E-state index in [-0.39, 0.29) is 22.7 Å². The minimum absolute atomic E-state index is 0.0156. The van der Waals surface area contributed by atoms with E-state index in [4.69, 9.17) is 4.74 Å². The number of amides is 2. The lowest BCUT2D eigenvalue weighted by Crippen LogP contribution is -2.47. The lowest BCUT2D eigenvalue weighted by atomic mass is 10.1. The normalized spacial score (nSPS) is 28.6. The molecule has 1 N–H and O–H groups in total. The topological polar surface area (TPSA) is 75.7 Å². The smallest absolute Gasteiger partial charge is 0.330 e. The van der Waals surface area contributed by atoms with Gasteiger partial charge in [0.25, 0.3) is 5.91 Å². The third-order valence-corrected chi connectivity index (χ3v) is 6.72. The summed E-state index contributed by atoms with van der Waals surface area (Å²) in [6.45, 7) is 1.99. The second-order valence-electron chi connectivity index (χ2n) is 7.28. The Kier molecular flexibility index (Phi) is 4.42. The Morgan fingerprint density at radius 1 is 1.31 bits per heavy atom. The standard InChI is InChI=1S/C19H22N2O4S/c1-19-10-9-15(22)21(19)14(11-26-19)18(24)25-16(12-5-3-2-4-6-12)17(23)20-13-7-8-13/h2-6,13-14,16H,7-11H2,1H3,(H,20,23)/t14-,16+,19-/m1/s1. The molecule has 3 fully saturated rings. The largest absolute Gasteiger partial charge is 0.446 e. The van der Waals surface area contributed by atoms with Gasteiger partial charge in [0.05, 0.1) is 4.87 Å². The van der Waals surface area contributed by atoms with Crippen LogP contribution in [0.4, 0.5) is 0 Å². The molecule has 0 bridgehead atoms. The van der Waals surface area contributed by atoms with Gasteiger partial charge in [-0.25, -0.2) is 4.79 Å². The lowest BCUT2D eigenvalue weighted by molar-refractivity contribution is -0.163. The number of benzene rings is 1. The van der Waals surface area contributed by atoms with Crippen LogP contribution in [0.2, 0.25) is 0 Å². The number of nitrogens with one attached hydrogen (secondary N) is 1. The zero-order valence-corrected chi connectivity index (χ0v) is 15.5. The summed E-state index contributed by atoms with van der Waals surface area (Å²) in [7, 11) is 0. The molecule has 7 heteroatoms.